The first-order valence-electron chi connectivity index (χ1n) is 36.3. The molecule has 0 spiro atoms. The van der Waals surface area contributed by atoms with Crippen molar-refractivity contribution in [2.24, 2.45) is 0 Å². The summed E-state index contributed by atoms with van der Waals surface area (Å²) in [5.41, 5.74) is 0. The van der Waals surface area contributed by atoms with E-state index in [2.05, 4.69) is 45.1 Å². The van der Waals surface area contributed by atoms with Gasteiger partial charge in [0.25, 0.3) is 0 Å². The first kappa shape index (κ1) is 77.9. The van der Waals surface area contributed by atoms with Crippen LogP contribution in [0, 0.1) is 0 Å². The molecule has 0 aromatic heterocycles. The van der Waals surface area contributed by atoms with Crippen LogP contribution in [-0.2, 0) is 28.6 Å². The average Bonchev–Trinajstić information content (AvgIpc) is 3.46. The summed E-state index contributed by atoms with van der Waals surface area (Å²) in [5.74, 6) is -0.835. The minimum atomic E-state index is -0.764. The maximum absolute atomic E-state index is 12.9. The quantitative estimate of drug-likeness (QED) is 0.0261. The van der Waals surface area contributed by atoms with Crippen molar-refractivity contribution in [3.05, 3.63) is 24.3 Å². The number of carbonyl (C=O) groups is 3. The Hall–Kier alpha value is -2.11. The van der Waals surface area contributed by atoms with Crippen LogP contribution in [-0.4, -0.2) is 37.2 Å². The molecule has 0 aliphatic carbocycles. The zero-order chi connectivity index (χ0) is 57.8. The lowest BCUT2D eigenvalue weighted by molar-refractivity contribution is -0.167. The molecule has 6 nitrogen and oxygen atoms in total. The van der Waals surface area contributed by atoms with Gasteiger partial charge >= 0.3 is 17.9 Å². The molecule has 1 atom stereocenters. The predicted octanol–water partition coefficient (Wildman–Crippen LogP) is 25.0. The molecule has 80 heavy (non-hydrogen) atoms. The number of carbonyl (C=O) groups excluding carboxylic acids is 3. The molecule has 0 aromatic carbocycles. The van der Waals surface area contributed by atoms with E-state index in [0.717, 1.165) is 64.2 Å². The topological polar surface area (TPSA) is 78.9 Å². The van der Waals surface area contributed by atoms with E-state index in [1.165, 1.54) is 308 Å². The number of unbranched alkanes of at least 4 members (excludes halogenated alkanes) is 53. The Bertz CT molecular complexity index is 1290. The van der Waals surface area contributed by atoms with Gasteiger partial charge in [0.15, 0.2) is 6.10 Å². The second-order valence-electron chi connectivity index (χ2n) is 24.9. The lowest BCUT2D eigenvalue weighted by atomic mass is 10.0. The van der Waals surface area contributed by atoms with Gasteiger partial charge in [0.05, 0.1) is 0 Å². The molecular formula is C74H140O6. The number of esters is 3. The summed E-state index contributed by atoms with van der Waals surface area (Å²) in [4.78, 5) is 38.2. The Labute approximate surface area is 500 Å². The molecule has 0 saturated heterocycles. The van der Waals surface area contributed by atoms with Crippen LogP contribution in [0.4, 0.5) is 0 Å². The van der Waals surface area contributed by atoms with Gasteiger partial charge in [-0.2, -0.15) is 0 Å². The highest BCUT2D eigenvalue weighted by Crippen LogP contribution is 2.19. The molecule has 0 aliphatic heterocycles. The number of hydrogen-bond acceptors (Lipinski definition) is 6. The Morgan fingerprint density at radius 1 is 0.250 bits per heavy atom. The molecule has 0 aliphatic rings. The zero-order valence-electron chi connectivity index (χ0n) is 54.4. The van der Waals surface area contributed by atoms with Crippen molar-refractivity contribution >= 4 is 17.9 Å². The monoisotopic (exact) mass is 1130 g/mol. The van der Waals surface area contributed by atoms with Gasteiger partial charge in [-0.25, -0.2) is 0 Å². The molecular weight excluding hydrogens is 985 g/mol. The summed E-state index contributed by atoms with van der Waals surface area (Å²) in [5, 5.41) is 0. The van der Waals surface area contributed by atoms with Crippen LogP contribution in [0.3, 0.4) is 0 Å². The zero-order valence-corrected chi connectivity index (χ0v) is 54.4. The first-order valence-corrected chi connectivity index (χ1v) is 36.3. The van der Waals surface area contributed by atoms with Gasteiger partial charge in [-0.15, -0.1) is 0 Å². The molecule has 0 bridgehead atoms. The van der Waals surface area contributed by atoms with Crippen LogP contribution < -0.4 is 0 Å². The minimum absolute atomic E-state index is 0.0633. The van der Waals surface area contributed by atoms with Crippen molar-refractivity contribution in [2.45, 2.75) is 419 Å². The SMILES string of the molecule is CCCCCCC/C=C\C/C=C\CCCCCCCCCCCCCCCCCCCCCCCC(=O)OCC(COC(=O)CCCCCCCCCC)OC(=O)CCCCCCCCCCCCCCCCCCCCCCC. The fraction of sp³-hybridized carbons (Fsp3) is 0.905. The summed E-state index contributed by atoms with van der Waals surface area (Å²) in [6.45, 7) is 6.68. The Kier molecular flexibility index (Phi) is 67.6. The third-order valence-electron chi connectivity index (χ3n) is 16.7. The molecule has 0 amide bonds. The van der Waals surface area contributed by atoms with Gasteiger partial charge < -0.3 is 14.2 Å². The van der Waals surface area contributed by atoms with E-state index in [-0.39, 0.29) is 31.1 Å². The third kappa shape index (κ3) is 66.7. The molecule has 6 heteroatoms. The van der Waals surface area contributed by atoms with Crippen molar-refractivity contribution < 1.29 is 28.6 Å². The van der Waals surface area contributed by atoms with Crippen LogP contribution >= 0.6 is 0 Å². The molecule has 0 aromatic rings. The lowest BCUT2D eigenvalue weighted by Gasteiger charge is -2.18. The molecule has 0 heterocycles. The van der Waals surface area contributed by atoms with Crippen LogP contribution in [0.1, 0.15) is 412 Å². The van der Waals surface area contributed by atoms with E-state index < -0.39 is 6.10 Å². The lowest BCUT2D eigenvalue weighted by Crippen LogP contribution is -2.30. The molecule has 0 rings (SSSR count). The van der Waals surface area contributed by atoms with E-state index in [9.17, 15) is 14.4 Å². The normalized spacial score (nSPS) is 12.1. The second kappa shape index (κ2) is 69.4. The van der Waals surface area contributed by atoms with E-state index >= 15 is 0 Å². The Morgan fingerprint density at radius 2 is 0.450 bits per heavy atom. The van der Waals surface area contributed by atoms with Crippen molar-refractivity contribution in [3.63, 3.8) is 0 Å². The summed E-state index contributed by atoms with van der Waals surface area (Å²) in [7, 11) is 0. The van der Waals surface area contributed by atoms with E-state index in [1.54, 1.807) is 0 Å². The van der Waals surface area contributed by atoms with Crippen LogP contribution in [0.2, 0.25) is 0 Å². The summed E-state index contributed by atoms with van der Waals surface area (Å²) in [6, 6.07) is 0. The fourth-order valence-electron chi connectivity index (χ4n) is 11.2. The van der Waals surface area contributed by atoms with Crippen LogP contribution in [0.5, 0.6) is 0 Å². The van der Waals surface area contributed by atoms with Crippen molar-refractivity contribution in [2.75, 3.05) is 13.2 Å². The first-order chi connectivity index (χ1) is 39.5. The summed E-state index contributed by atoms with van der Waals surface area (Å²) >= 11 is 0. The Balaban J connectivity index is 3.99. The number of ether oxygens (including phenoxy) is 3. The van der Waals surface area contributed by atoms with E-state index in [4.69, 9.17) is 14.2 Å². The summed E-state index contributed by atoms with van der Waals surface area (Å²) < 4.78 is 16.9. The third-order valence-corrected chi connectivity index (χ3v) is 16.7. The largest absolute Gasteiger partial charge is 0.462 e. The number of rotatable bonds is 68. The van der Waals surface area contributed by atoms with Gasteiger partial charge in [-0.05, 0) is 51.4 Å². The van der Waals surface area contributed by atoms with Gasteiger partial charge in [0, 0.05) is 19.3 Å². The van der Waals surface area contributed by atoms with Gasteiger partial charge in [0.1, 0.15) is 13.2 Å². The number of hydrogen-bond donors (Lipinski definition) is 0. The summed E-state index contributed by atoms with van der Waals surface area (Å²) in [6.07, 6.45) is 85.3. The molecule has 0 N–H and O–H groups in total. The maximum Gasteiger partial charge on any atom is 0.306 e. The molecule has 0 fully saturated rings. The molecule has 472 valence electrons. The van der Waals surface area contributed by atoms with Crippen molar-refractivity contribution in [3.8, 4) is 0 Å². The molecule has 0 saturated carbocycles. The minimum Gasteiger partial charge on any atom is -0.462 e. The highest BCUT2D eigenvalue weighted by Gasteiger charge is 2.19. The second-order valence-corrected chi connectivity index (χ2v) is 24.9. The van der Waals surface area contributed by atoms with Gasteiger partial charge in [-0.1, -0.05) is 366 Å². The smallest absolute Gasteiger partial charge is 0.306 e. The number of allylic oxidation sites excluding steroid dienone is 4. The standard InChI is InChI=1S/C74H140O6/c1-4-7-10-13-16-19-21-23-25-27-29-31-32-33-34-35-36-37-38-39-40-41-42-44-45-47-49-51-53-55-58-61-64-67-73(76)79-70-71(69-78-72(75)66-63-60-57-18-15-12-9-6-3)80-74(77)68-65-62-59-56-54-52-50-48-46-43-30-28-26-24-22-20-17-14-11-8-5-2/h21,23,27,29,71H,4-20,22,24-26,28,30-70H2,1-3H3/b23-21-,29-27-. The highest BCUT2D eigenvalue weighted by molar-refractivity contribution is 5.71. The highest BCUT2D eigenvalue weighted by atomic mass is 16.6. The van der Waals surface area contributed by atoms with Crippen molar-refractivity contribution in [1.29, 1.82) is 0 Å². The molecule has 1 unspecified atom stereocenters. The van der Waals surface area contributed by atoms with Crippen LogP contribution in [0.15, 0.2) is 24.3 Å². The molecule has 0 radical (unpaired) electrons. The van der Waals surface area contributed by atoms with Gasteiger partial charge in [0.2, 0.25) is 0 Å². The van der Waals surface area contributed by atoms with E-state index in [0.29, 0.717) is 19.3 Å². The fourth-order valence-corrected chi connectivity index (χ4v) is 11.2. The van der Waals surface area contributed by atoms with Crippen LogP contribution in [0.25, 0.3) is 0 Å². The maximum atomic E-state index is 12.9. The van der Waals surface area contributed by atoms with Crippen molar-refractivity contribution in [1.82, 2.24) is 0 Å². The average molecular weight is 1130 g/mol. The van der Waals surface area contributed by atoms with Gasteiger partial charge in [-0.3, -0.25) is 14.4 Å². The Morgan fingerprint density at radius 3 is 0.688 bits per heavy atom. The predicted molar refractivity (Wildman–Crippen MR) is 349 cm³/mol. The van der Waals surface area contributed by atoms with E-state index in [1.807, 2.05) is 0 Å².